The van der Waals surface area contributed by atoms with Crippen LogP contribution >= 0.6 is 15.9 Å². The van der Waals surface area contributed by atoms with Crippen molar-refractivity contribution in [1.29, 1.82) is 0 Å². The molecule has 2 atom stereocenters. The average molecular weight is 344 g/mol. The molecule has 0 amide bonds. The highest BCUT2D eigenvalue weighted by Gasteiger charge is 2.44. The van der Waals surface area contributed by atoms with Gasteiger partial charge in [0.05, 0.1) is 5.60 Å². The fourth-order valence-corrected chi connectivity index (χ4v) is 5.63. The van der Waals surface area contributed by atoms with Gasteiger partial charge >= 0.3 is 0 Å². The van der Waals surface area contributed by atoms with Gasteiger partial charge in [0, 0.05) is 30.9 Å². The lowest BCUT2D eigenvalue weighted by atomic mass is 9.70. The minimum absolute atomic E-state index is 0.317. The molecular formula is C17H30BrNO. The second-order valence-corrected chi connectivity index (χ2v) is 8.29. The molecule has 0 spiro atoms. The minimum atomic E-state index is -0.317. The van der Waals surface area contributed by atoms with Crippen molar-refractivity contribution in [3.63, 3.8) is 0 Å². The van der Waals surface area contributed by atoms with Crippen molar-refractivity contribution < 1.29 is 5.11 Å². The summed E-state index contributed by atoms with van der Waals surface area (Å²) in [7, 11) is 0. The first-order valence-electron chi connectivity index (χ1n) is 8.67. The van der Waals surface area contributed by atoms with E-state index in [0.29, 0.717) is 11.3 Å². The smallest absolute Gasteiger partial charge is 0.0700 e. The van der Waals surface area contributed by atoms with E-state index in [1.54, 1.807) is 0 Å². The molecule has 20 heavy (non-hydrogen) atoms. The quantitative estimate of drug-likeness (QED) is 0.784. The van der Waals surface area contributed by atoms with Gasteiger partial charge < -0.3 is 10.0 Å². The van der Waals surface area contributed by atoms with E-state index in [2.05, 4.69) is 20.8 Å². The number of rotatable bonds is 3. The molecule has 0 aromatic heterocycles. The lowest BCUT2D eigenvalue weighted by molar-refractivity contribution is -0.101. The topological polar surface area (TPSA) is 23.5 Å². The summed E-state index contributed by atoms with van der Waals surface area (Å²) < 4.78 is 0. The Labute approximate surface area is 132 Å². The largest absolute Gasteiger partial charge is 0.390 e. The Balaban J connectivity index is 1.61. The van der Waals surface area contributed by atoms with Crippen LogP contribution in [0.2, 0.25) is 0 Å². The van der Waals surface area contributed by atoms with Gasteiger partial charge in [-0.15, -0.1) is 0 Å². The van der Waals surface area contributed by atoms with Crippen LogP contribution in [0, 0.1) is 11.3 Å². The first-order chi connectivity index (χ1) is 9.66. The first-order valence-corrected chi connectivity index (χ1v) is 9.79. The lowest BCUT2D eigenvalue weighted by Crippen LogP contribution is -2.55. The molecule has 1 heterocycles. The van der Waals surface area contributed by atoms with Crippen LogP contribution in [0.1, 0.15) is 64.2 Å². The highest BCUT2D eigenvalue weighted by Crippen LogP contribution is 2.43. The Kier molecular flexibility index (Phi) is 4.79. The highest BCUT2D eigenvalue weighted by molar-refractivity contribution is 9.09. The fourth-order valence-electron chi connectivity index (χ4n) is 4.89. The number of aliphatic hydroxyl groups is 1. The van der Waals surface area contributed by atoms with E-state index in [4.69, 9.17) is 0 Å². The van der Waals surface area contributed by atoms with Gasteiger partial charge in [-0.3, -0.25) is 0 Å². The summed E-state index contributed by atoms with van der Waals surface area (Å²) in [5.74, 6) is 0.543. The van der Waals surface area contributed by atoms with E-state index in [-0.39, 0.29) is 5.60 Å². The van der Waals surface area contributed by atoms with Gasteiger partial charge in [-0.25, -0.2) is 0 Å². The molecule has 3 aliphatic rings. The number of fused-ring (bicyclic) bond motifs is 1. The molecule has 1 N–H and O–H groups in total. The number of hydrogen-bond acceptors (Lipinski definition) is 2. The van der Waals surface area contributed by atoms with E-state index in [0.717, 1.165) is 31.3 Å². The third kappa shape index (κ3) is 3.10. The van der Waals surface area contributed by atoms with Gasteiger partial charge in [-0.1, -0.05) is 48.0 Å². The third-order valence-electron chi connectivity index (χ3n) is 6.27. The maximum atomic E-state index is 10.8. The van der Waals surface area contributed by atoms with Gasteiger partial charge in [0.1, 0.15) is 0 Å². The predicted molar refractivity (Wildman–Crippen MR) is 87.3 cm³/mol. The normalized spacial score (nSPS) is 38.4. The Morgan fingerprint density at radius 2 is 1.75 bits per heavy atom. The molecule has 2 saturated carbocycles. The minimum Gasteiger partial charge on any atom is -0.390 e. The van der Waals surface area contributed by atoms with Crippen LogP contribution in [0.5, 0.6) is 0 Å². The standard InChI is InChI=1S/C17H30BrNO/c18-13-16(7-3-1-4-8-16)14-19-11-10-17(20)9-5-2-6-15(17)12-19/h15,20H,1-14H2. The molecule has 0 bridgehead atoms. The van der Waals surface area contributed by atoms with E-state index in [1.165, 1.54) is 57.9 Å². The summed E-state index contributed by atoms with van der Waals surface area (Å²) in [4.78, 5) is 2.68. The fraction of sp³-hybridized carbons (Fsp3) is 1.00. The van der Waals surface area contributed by atoms with Crippen LogP contribution in [0.25, 0.3) is 0 Å². The lowest BCUT2D eigenvalue weighted by Gasteiger charge is -2.50. The number of likely N-dealkylation sites (tertiary alicyclic amines) is 1. The van der Waals surface area contributed by atoms with Crippen molar-refractivity contribution in [2.24, 2.45) is 11.3 Å². The Bertz CT molecular complexity index is 329. The van der Waals surface area contributed by atoms with Crippen molar-refractivity contribution in [2.75, 3.05) is 25.0 Å². The van der Waals surface area contributed by atoms with Gasteiger partial charge in [-0.2, -0.15) is 0 Å². The number of halogens is 1. The second-order valence-electron chi connectivity index (χ2n) is 7.73. The van der Waals surface area contributed by atoms with Crippen LogP contribution in [0.3, 0.4) is 0 Å². The number of hydrogen-bond donors (Lipinski definition) is 1. The molecule has 0 aromatic carbocycles. The Morgan fingerprint density at radius 1 is 1.00 bits per heavy atom. The number of alkyl halides is 1. The van der Waals surface area contributed by atoms with Crippen molar-refractivity contribution in [1.82, 2.24) is 4.90 Å². The zero-order chi connectivity index (χ0) is 14.1. The van der Waals surface area contributed by atoms with E-state index >= 15 is 0 Å². The molecule has 2 nitrogen and oxygen atoms in total. The molecule has 0 aromatic rings. The van der Waals surface area contributed by atoms with Crippen molar-refractivity contribution in [3.05, 3.63) is 0 Å². The Morgan fingerprint density at radius 3 is 2.50 bits per heavy atom. The molecule has 1 aliphatic heterocycles. The van der Waals surface area contributed by atoms with E-state index in [1.807, 2.05) is 0 Å². The van der Waals surface area contributed by atoms with Gasteiger partial charge in [-0.05, 0) is 37.5 Å². The molecule has 3 heteroatoms. The summed E-state index contributed by atoms with van der Waals surface area (Å²) in [5, 5.41) is 12.0. The number of piperidine rings is 1. The second kappa shape index (κ2) is 6.26. The van der Waals surface area contributed by atoms with Crippen LogP contribution < -0.4 is 0 Å². The molecule has 1 saturated heterocycles. The van der Waals surface area contributed by atoms with Crippen molar-refractivity contribution >= 4 is 15.9 Å². The summed E-state index contributed by atoms with van der Waals surface area (Å²) in [5.41, 5.74) is 0.200. The van der Waals surface area contributed by atoms with E-state index in [9.17, 15) is 5.11 Å². The molecule has 116 valence electrons. The summed E-state index contributed by atoms with van der Waals surface area (Å²) in [6.07, 6.45) is 12.9. The SMILES string of the molecule is OC12CCCCC1CN(CC1(CBr)CCCCC1)CC2. The molecular weight excluding hydrogens is 314 g/mol. The van der Waals surface area contributed by atoms with Gasteiger partial charge in [0.25, 0.3) is 0 Å². The van der Waals surface area contributed by atoms with Crippen molar-refractivity contribution in [3.8, 4) is 0 Å². The van der Waals surface area contributed by atoms with Crippen LogP contribution in [0.4, 0.5) is 0 Å². The average Bonchev–Trinajstić information content (AvgIpc) is 2.48. The zero-order valence-corrected chi connectivity index (χ0v) is 14.3. The maximum Gasteiger partial charge on any atom is 0.0700 e. The summed E-state index contributed by atoms with van der Waals surface area (Å²) >= 11 is 3.80. The van der Waals surface area contributed by atoms with Crippen LogP contribution in [-0.2, 0) is 0 Å². The predicted octanol–water partition coefficient (Wildman–Crippen LogP) is 3.96. The molecule has 2 aliphatic carbocycles. The molecule has 3 rings (SSSR count). The maximum absolute atomic E-state index is 10.8. The van der Waals surface area contributed by atoms with Crippen LogP contribution in [0.15, 0.2) is 0 Å². The first kappa shape index (κ1) is 15.3. The molecule has 2 unspecified atom stereocenters. The molecule has 3 fully saturated rings. The zero-order valence-electron chi connectivity index (χ0n) is 12.7. The Hall–Kier alpha value is 0.400. The summed E-state index contributed by atoms with van der Waals surface area (Å²) in [6, 6.07) is 0. The van der Waals surface area contributed by atoms with Crippen molar-refractivity contribution in [2.45, 2.75) is 69.8 Å². The van der Waals surface area contributed by atoms with E-state index < -0.39 is 0 Å². The molecule has 0 radical (unpaired) electrons. The third-order valence-corrected chi connectivity index (χ3v) is 7.46. The monoisotopic (exact) mass is 343 g/mol. The summed E-state index contributed by atoms with van der Waals surface area (Å²) in [6.45, 7) is 3.51. The highest BCUT2D eigenvalue weighted by atomic mass is 79.9. The number of nitrogens with zero attached hydrogens (tertiary/aromatic N) is 1. The van der Waals surface area contributed by atoms with Gasteiger partial charge in [0.15, 0.2) is 0 Å². The van der Waals surface area contributed by atoms with Crippen LogP contribution in [-0.4, -0.2) is 40.6 Å². The van der Waals surface area contributed by atoms with Gasteiger partial charge in [0.2, 0.25) is 0 Å².